The SMILES string of the molecule is CC(C)C(C(=O)NC1CCN(S(C)(=O)=O)CC1)C1C=CC(c2ccc3cccc(F)c3c2)=NC1=O. The molecule has 2 aromatic carbocycles. The summed E-state index contributed by atoms with van der Waals surface area (Å²) in [5.74, 6) is -2.40. The monoisotopic (exact) mass is 499 g/mol. The molecule has 186 valence electrons. The molecule has 7 nitrogen and oxygen atoms in total. The van der Waals surface area contributed by atoms with Crippen LogP contribution >= 0.6 is 0 Å². The Hall–Kier alpha value is -2.91. The van der Waals surface area contributed by atoms with E-state index in [1.807, 2.05) is 19.9 Å². The van der Waals surface area contributed by atoms with E-state index in [0.29, 0.717) is 42.6 Å². The summed E-state index contributed by atoms with van der Waals surface area (Å²) in [6.45, 7) is 4.50. The van der Waals surface area contributed by atoms with Gasteiger partial charge in [0.1, 0.15) is 5.82 Å². The number of halogens is 1. The maximum Gasteiger partial charge on any atom is 0.253 e. The third kappa shape index (κ3) is 5.51. The molecule has 2 unspecified atom stereocenters. The highest BCUT2D eigenvalue weighted by atomic mass is 32.2. The number of hydrogen-bond acceptors (Lipinski definition) is 4. The van der Waals surface area contributed by atoms with E-state index in [0.717, 1.165) is 5.39 Å². The number of benzene rings is 2. The van der Waals surface area contributed by atoms with E-state index < -0.39 is 27.8 Å². The Morgan fingerprint density at radius 1 is 1.17 bits per heavy atom. The van der Waals surface area contributed by atoms with Gasteiger partial charge < -0.3 is 5.32 Å². The quantitative estimate of drug-likeness (QED) is 0.660. The molecule has 35 heavy (non-hydrogen) atoms. The molecule has 4 rings (SSSR count). The molecule has 2 aromatic rings. The van der Waals surface area contributed by atoms with E-state index in [2.05, 4.69) is 10.3 Å². The van der Waals surface area contributed by atoms with E-state index in [4.69, 9.17) is 0 Å². The highest BCUT2D eigenvalue weighted by Gasteiger charge is 2.37. The van der Waals surface area contributed by atoms with Crippen molar-refractivity contribution in [2.24, 2.45) is 22.7 Å². The molecule has 1 fully saturated rings. The largest absolute Gasteiger partial charge is 0.353 e. The van der Waals surface area contributed by atoms with E-state index in [-0.39, 0.29) is 23.7 Å². The fraction of sp³-hybridized carbons (Fsp3) is 0.423. The first-order valence-corrected chi connectivity index (χ1v) is 13.6. The number of dihydropyridines is 1. The van der Waals surface area contributed by atoms with Crippen molar-refractivity contribution in [2.45, 2.75) is 32.7 Å². The van der Waals surface area contributed by atoms with Crippen molar-refractivity contribution >= 4 is 38.3 Å². The Labute approximate surface area is 205 Å². The lowest BCUT2D eigenvalue weighted by Crippen LogP contribution is -2.49. The van der Waals surface area contributed by atoms with Gasteiger partial charge in [-0.25, -0.2) is 22.1 Å². The lowest BCUT2D eigenvalue weighted by atomic mass is 9.80. The average Bonchev–Trinajstić information content (AvgIpc) is 2.80. The second-order valence-electron chi connectivity index (χ2n) is 9.61. The predicted octanol–water partition coefficient (Wildman–Crippen LogP) is 3.29. The van der Waals surface area contributed by atoms with Gasteiger partial charge in [0.25, 0.3) is 5.91 Å². The average molecular weight is 500 g/mol. The van der Waals surface area contributed by atoms with Crippen molar-refractivity contribution in [2.75, 3.05) is 19.3 Å². The van der Waals surface area contributed by atoms with Crippen LogP contribution in [0.25, 0.3) is 10.8 Å². The molecule has 2 amide bonds. The van der Waals surface area contributed by atoms with Crippen molar-refractivity contribution in [1.82, 2.24) is 9.62 Å². The first kappa shape index (κ1) is 25.2. The van der Waals surface area contributed by atoms with Crippen molar-refractivity contribution in [3.8, 4) is 0 Å². The highest BCUT2D eigenvalue weighted by molar-refractivity contribution is 7.88. The van der Waals surface area contributed by atoms with Gasteiger partial charge >= 0.3 is 0 Å². The molecule has 1 saturated heterocycles. The number of allylic oxidation sites excluding steroid dienone is 1. The lowest BCUT2D eigenvalue weighted by molar-refractivity contribution is -0.134. The second-order valence-corrected chi connectivity index (χ2v) is 11.6. The standard InChI is InChI=1S/C26H30FN3O4S/c1-16(2)24(26(32)28-19-11-13-30(14-12-19)35(3,33)34)20-9-10-23(29-25(20)31)18-8-7-17-5-4-6-22(27)21(17)15-18/h4-10,15-16,19-20,24H,11-14H2,1-3H3,(H,28,32). The Morgan fingerprint density at radius 3 is 2.51 bits per heavy atom. The number of nitrogens with zero attached hydrogens (tertiary/aromatic N) is 2. The fourth-order valence-corrected chi connectivity index (χ4v) is 5.72. The predicted molar refractivity (Wildman–Crippen MR) is 134 cm³/mol. The number of carbonyl (C=O) groups excluding carboxylic acids is 2. The maximum absolute atomic E-state index is 14.2. The van der Waals surface area contributed by atoms with Crippen molar-refractivity contribution < 1.29 is 22.4 Å². The van der Waals surface area contributed by atoms with Gasteiger partial charge in [0.2, 0.25) is 15.9 Å². The normalized spacial score (nSPS) is 20.8. The summed E-state index contributed by atoms with van der Waals surface area (Å²) in [6.07, 6.45) is 5.68. The number of carbonyl (C=O) groups is 2. The van der Waals surface area contributed by atoms with Gasteiger partial charge in [0.05, 0.1) is 23.8 Å². The van der Waals surface area contributed by atoms with Crippen LogP contribution in [0.1, 0.15) is 32.3 Å². The lowest BCUT2D eigenvalue weighted by Gasteiger charge is -2.33. The van der Waals surface area contributed by atoms with E-state index >= 15 is 0 Å². The van der Waals surface area contributed by atoms with Crippen LogP contribution in [0, 0.1) is 23.6 Å². The van der Waals surface area contributed by atoms with Crippen molar-refractivity contribution in [1.29, 1.82) is 0 Å². The zero-order valence-electron chi connectivity index (χ0n) is 20.1. The molecule has 1 N–H and O–H groups in total. The van der Waals surface area contributed by atoms with Crippen molar-refractivity contribution in [3.05, 3.63) is 59.9 Å². The molecule has 0 saturated carbocycles. The zero-order chi connectivity index (χ0) is 25.3. The van der Waals surface area contributed by atoms with Crippen LogP contribution in [0.4, 0.5) is 4.39 Å². The summed E-state index contributed by atoms with van der Waals surface area (Å²) in [5.41, 5.74) is 1.07. The number of rotatable bonds is 6. The van der Waals surface area contributed by atoms with Crippen LogP contribution in [-0.4, -0.2) is 55.6 Å². The van der Waals surface area contributed by atoms with Crippen LogP contribution in [0.3, 0.4) is 0 Å². The number of nitrogens with one attached hydrogen (secondary N) is 1. The minimum Gasteiger partial charge on any atom is -0.353 e. The molecule has 0 bridgehead atoms. The molecule has 0 aliphatic carbocycles. The summed E-state index contributed by atoms with van der Waals surface area (Å²) >= 11 is 0. The van der Waals surface area contributed by atoms with E-state index in [1.165, 1.54) is 16.6 Å². The number of piperidine rings is 1. The zero-order valence-corrected chi connectivity index (χ0v) is 20.9. The Bertz CT molecular complexity index is 1310. The number of aliphatic imine (C=N–C) groups is 1. The Balaban J connectivity index is 1.47. The highest BCUT2D eigenvalue weighted by Crippen LogP contribution is 2.29. The van der Waals surface area contributed by atoms with Crippen LogP contribution in [0.15, 0.2) is 53.5 Å². The molecule has 0 aromatic heterocycles. The van der Waals surface area contributed by atoms with Crippen LogP contribution in [0.2, 0.25) is 0 Å². The minimum absolute atomic E-state index is 0.115. The smallest absolute Gasteiger partial charge is 0.253 e. The summed E-state index contributed by atoms with van der Waals surface area (Å²) in [5, 5.41) is 4.24. The van der Waals surface area contributed by atoms with Gasteiger partial charge in [-0.05, 0) is 42.4 Å². The Morgan fingerprint density at radius 2 is 1.89 bits per heavy atom. The van der Waals surface area contributed by atoms with Crippen LogP contribution < -0.4 is 5.32 Å². The topological polar surface area (TPSA) is 95.9 Å². The molecule has 9 heteroatoms. The van der Waals surface area contributed by atoms with Gasteiger partial charge in [-0.3, -0.25) is 9.59 Å². The summed E-state index contributed by atoms with van der Waals surface area (Å²) in [4.78, 5) is 30.5. The first-order chi connectivity index (χ1) is 16.5. The maximum atomic E-state index is 14.2. The molecular formula is C26H30FN3O4S. The third-order valence-corrected chi connectivity index (χ3v) is 8.08. The van der Waals surface area contributed by atoms with Crippen LogP contribution in [0.5, 0.6) is 0 Å². The number of fused-ring (bicyclic) bond motifs is 1. The Kier molecular flexibility index (Phi) is 7.19. The second kappa shape index (κ2) is 9.99. The molecule has 0 radical (unpaired) electrons. The minimum atomic E-state index is -3.24. The van der Waals surface area contributed by atoms with Gasteiger partial charge in [-0.2, -0.15) is 0 Å². The molecule has 0 spiro atoms. The van der Waals surface area contributed by atoms with Gasteiger partial charge in [0.15, 0.2) is 0 Å². The fourth-order valence-electron chi connectivity index (χ4n) is 4.85. The summed E-state index contributed by atoms with van der Waals surface area (Å²) in [6, 6.07) is 9.98. The van der Waals surface area contributed by atoms with Crippen molar-refractivity contribution in [3.63, 3.8) is 0 Å². The number of amides is 2. The molecule has 2 heterocycles. The van der Waals surface area contributed by atoms with Gasteiger partial charge in [0, 0.05) is 30.1 Å². The van der Waals surface area contributed by atoms with Gasteiger partial charge in [-0.15, -0.1) is 0 Å². The van der Waals surface area contributed by atoms with Crippen LogP contribution in [-0.2, 0) is 19.6 Å². The van der Waals surface area contributed by atoms with E-state index in [9.17, 15) is 22.4 Å². The molecule has 2 aliphatic rings. The molecular weight excluding hydrogens is 469 g/mol. The molecule has 2 atom stereocenters. The number of sulfonamides is 1. The third-order valence-electron chi connectivity index (χ3n) is 6.78. The van der Waals surface area contributed by atoms with Gasteiger partial charge in [-0.1, -0.05) is 44.2 Å². The summed E-state index contributed by atoms with van der Waals surface area (Å²) in [7, 11) is -3.24. The summed E-state index contributed by atoms with van der Waals surface area (Å²) < 4.78 is 39.1. The van der Waals surface area contributed by atoms with E-state index in [1.54, 1.807) is 36.4 Å². The molecule has 2 aliphatic heterocycles. The number of hydrogen-bond donors (Lipinski definition) is 1. The first-order valence-electron chi connectivity index (χ1n) is 11.8.